The zero-order chi connectivity index (χ0) is 15.2. The van der Waals surface area contributed by atoms with E-state index >= 15 is 0 Å². The SMILES string of the molecule is CCCNC(=O)Cn1nc(-c2cccc(Br)c2)ccc1=O. The first-order chi connectivity index (χ1) is 10.1. The summed E-state index contributed by atoms with van der Waals surface area (Å²) in [6.07, 6.45) is 0.853. The van der Waals surface area contributed by atoms with Crippen molar-refractivity contribution in [2.24, 2.45) is 0 Å². The van der Waals surface area contributed by atoms with E-state index in [2.05, 4.69) is 26.3 Å². The van der Waals surface area contributed by atoms with Crippen LogP contribution >= 0.6 is 15.9 Å². The van der Waals surface area contributed by atoms with Crippen molar-refractivity contribution < 1.29 is 4.79 Å². The Hall–Kier alpha value is -1.95. The smallest absolute Gasteiger partial charge is 0.267 e. The number of nitrogens with one attached hydrogen (secondary N) is 1. The van der Waals surface area contributed by atoms with E-state index in [0.29, 0.717) is 12.2 Å². The van der Waals surface area contributed by atoms with E-state index in [4.69, 9.17) is 0 Å². The number of carbonyl (C=O) groups is 1. The molecule has 21 heavy (non-hydrogen) atoms. The van der Waals surface area contributed by atoms with Crippen LogP contribution in [-0.2, 0) is 11.3 Å². The first kappa shape index (κ1) is 15.4. The molecule has 1 aromatic carbocycles. The van der Waals surface area contributed by atoms with Crippen molar-refractivity contribution in [1.82, 2.24) is 15.1 Å². The summed E-state index contributed by atoms with van der Waals surface area (Å²) in [5.41, 5.74) is 1.24. The average Bonchev–Trinajstić information content (AvgIpc) is 2.47. The third-order valence-electron chi connectivity index (χ3n) is 2.85. The molecule has 1 aromatic heterocycles. The lowest BCUT2D eigenvalue weighted by molar-refractivity contribution is -0.121. The number of rotatable bonds is 5. The molecule has 0 aliphatic rings. The molecule has 0 aliphatic carbocycles. The predicted molar refractivity (Wildman–Crippen MR) is 84.9 cm³/mol. The summed E-state index contributed by atoms with van der Waals surface area (Å²) >= 11 is 3.40. The molecule has 0 bridgehead atoms. The van der Waals surface area contributed by atoms with Gasteiger partial charge in [0.25, 0.3) is 5.56 Å². The minimum atomic E-state index is -0.291. The molecule has 1 heterocycles. The van der Waals surface area contributed by atoms with E-state index in [0.717, 1.165) is 16.5 Å². The van der Waals surface area contributed by atoms with E-state index in [1.54, 1.807) is 6.07 Å². The molecule has 110 valence electrons. The fourth-order valence-corrected chi connectivity index (χ4v) is 2.22. The zero-order valence-electron chi connectivity index (χ0n) is 11.7. The van der Waals surface area contributed by atoms with Gasteiger partial charge in [-0.05, 0) is 24.6 Å². The molecular formula is C15H16BrN3O2. The van der Waals surface area contributed by atoms with Gasteiger partial charge in [0.15, 0.2) is 0 Å². The Morgan fingerprint density at radius 2 is 2.14 bits per heavy atom. The van der Waals surface area contributed by atoms with Crippen LogP contribution in [0.25, 0.3) is 11.3 Å². The quantitative estimate of drug-likeness (QED) is 0.899. The Kier molecular flexibility index (Phi) is 5.27. The van der Waals surface area contributed by atoms with Crippen LogP contribution < -0.4 is 10.9 Å². The Balaban J connectivity index is 2.25. The topological polar surface area (TPSA) is 64.0 Å². The Morgan fingerprint density at radius 1 is 1.33 bits per heavy atom. The number of carbonyl (C=O) groups excluding carboxylic acids is 1. The fourth-order valence-electron chi connectivity index (χ4n) is 1.82. The monoisotopic (exact) mass is 349 g/mol. The number of amides is 1. The molecule has 0 unspecified atom stereocenters. The molecule has 0 saturated carbocycles. The van der Waals surface area contributed by atoms with Gasteiger partial charge in [0.2, 0.25) is 5.91 Å². The summed E-state index contributed by atoms with van der Waals surface area (Å²) in [7, 11) is 0. The van der Waals surface area contributed by atoms with Crippen LogP contribution in [0.15, 0.2) is 45.7 Å². The molecule has 5 nitrogen and oxygen atoms in total. The second kappa shape index (κ2) is 7.17. The van der Waals surface area contributed by atoms with Crippen LogP contribution in [0, 0.1) is 0 Å². The molecule has 0 saturated heterocycles. The molecule has 0 atom stereocenters. The van der Waals surface area contributed by atoms with Crippen molar-refractivity contribution in [3.63, 3.8) is 0 Å². The van der Waals surface area contributed by atoms with E-state index in [9.17, 15) is 9.59 Å². The molecule has 0 spiro atoms. The number of aromatic nitrogens is 2. The van der Waals surface area contributed by atoms with Gasteiger partial charge in [-0.1, -0.05) is 35.0 Å². The van der Waals surface area contributed by atoms with Crippen molar-refractivity contribution >= 4 is 21.8 Å². The number of halogens is 1. The molecule has 0 aliphatic heterocycles. The summed E-state index contributed by atoms with van der Waals surface area (Å²) < 4.78 is 2.11. The van der Waals surface area contributed by atoms with Gasteiger partial charge in [0.05, 0.1) is 5.69 Å². The van der Waals surface area contributed by atoms with Crippen molar-refractivity contribution in [2.75, 3.05) is 6.54 Å². The molecular weight excluding hydrogens is 334 g/mol. The maximum absolute atomic E-state index is 11.8. The fraction of sp³-hybridized carbons (Fsp3) is 0.267. The largest absolute Gasteiger partial charge is 0.355 e. The number of nitrogens with zero attached hydrogens (tertiary/aromatic N) is 2. The van der Waals surface area contributed by atoms with Crippen LogP contribution in [0.4, 0.5) is 0 Å². The molecule has 0 fully saturated rings. The molecule has 2 aromatic rings. The summed E-state index contributed by atoms with van der Waals surface area (Å²) in [6, 6.07) is 10.7. The number of hydrogen-bond donors (Lipinski definition) is 1. The van der Waals surface area contributed by atoms with Gasteiger partial charge < -0.3 is 5.32 Å². The predicted octanol–water partition coefficient (Wildman–Crippen LogP) is 2.20. The third kappa shape index (κ3) is 4.26. The highest BCUT2D eigenvalue weighted by molar-refractivity contribution is 9.10. The van der Waals surface area contributed by atoms with Crippen LogP contribution in [0.3, 0.4) is 0 Å². The van der Waals surface area contributed by atoms with E-state index in [1.165, 1.54) is 10.7 Å². The van der Waals surface area contributed by atoms with Crippen molar-refractivity contribution in [1.29, 1.82) is 0 Å². The van der Waals surface area contributed by atoms with Gasteiger partial charge in [-0.15, -0.1) is 0 Å². The summed E-state index contributed by atoms with van der Waals surface area (Å²) in [6.45, 7) is 2.50. The third-order valence-corrected chi connectivity index (χ3v) is 3.35. The highest BCUT2D eigenvalue weighted by atomic mass is 79.9. The molecule has 6 heteroatoms. The summed E-state index contributed by atoms with van der Waals surface area (Å²) in [4.78, 5) is 23.5. The Labute approximate surface area is 131 Å². The van der Waals surface area contributed by atoms with Gasteiger partial charge >= 0.3 is 0 Å². The zero-order valence-corrected chi connectivity index (χ0v) is 13.3. The Bertz CT molecular complexity index is 697. The molecule has 1 N–H and O–H groups in total. The van der Waals surface area contributed by atoms with Crippen LogP contribution in [0.2, 0.25) is 0 Å². The lowest BCUT2D eigenvalue weighted by atomic mass is 10.1. The lowest BCUT2D eigenvalue weighted by Gasteiger charge is -2.08. The van der Waals surface area contributed by atoms with Crippen molar-refractivity contribution in [3.05, 3.63) is 51.2 Å². The minimum Gasteiger partial charge on any atom is -0.355 e. The molecule has 0 radical (unpaired) electrons. The second-order valence-corrected chi connectivity index (χ2v) is 5.49. The van der Waals surface area contributed by atoms with Crippen molar-refractivity contribution in [2.45, 2.75) is 19.9 Å². The second-order valence-electron chi connectivity index (χ2n) is 4.57. The normalized spacial score (nSPS) is 10.4. The first-order valence-corrected chi connectivity index (χ1v) is 7.50. The highest BCUT2D eigenvalue weighted by Gasteiger charge is 2.07. The number of hydrogen-bond acceptors (Lipinski definition) is 3. The average molecular weight is 350 g/mol. The molecule has 1 amide bonds. The maximum Gasteiger partial charge on any atom is 0.267 e. The van der Waals surface area contributed by atoms with E-state index in [-0.39, 0.29) is 18.0 Å². The summed E-state index contributed by atoms with van der Waals surface area (Å²) in [5.74, 6) is -0.210. The number of benzene rings is 1. The van der Waals surface area contributed by atoms with Crippen molar-refractivity contribution in [3.8, 4) is 11.3 Å². The first-order valence-electron chi connectivity index (χ1n) is 6.71. The van der Waals surface area contributed by atoms with Gasteiger partial charge in [0.1, 0.15) is 6.54 Å². The highest BCUT2D eigenvalue weighted by Crippen LogP contribution is 2.20. The minimum absolute atomic E-state index is 0.0688. The van der Waals surface area contributed by atoms with E-state index < -0.39 is 0 Å². The van der Waals surface area contributed by atoms with Crippen LogP contribution in [0.5, 0.6) is 0 Å². The van der Waals surface area contributed by atoms with Crippen LogP contribution in [-0.4, -0.2) is 22.2 Å². The standard InChI is InChI=1S/C15H16BrN3O2/c1-2-8-17-14(20)10-19-15(21)7-6-13(18-19)11-4-3-5-12(16)9-11/h3-7,9H,2,8,10H2,1H3,(H,17,20). The van der Waals surface area contributed by atoms with E-state index in [1.807, 2.05) is 31.2 Å². The lowest BCUT2D eigenvalue weighted by Crippen LogP contribution is -2.33. The maximum atomic E-state index is 11.8. The molecule has 2 rings (SSSR count). The van der Waals surface area contributed by atoms with Gasteiger partial charge in [-0.25, -0.2) is 4.68 Å². The van der Waals surface area contributed by atoms with Gasteiger partial charge in [-0.2, -0.15) is 5.10 Å². The Morgan fingerprint density at radius 3 is 2.86 bits per heavy atom. The van der Waals surface area contributed by atoms with Crippen LogP contribution in [0.1, 0.15) is 13.3 Å². The van der Waals surface area contributed by atoms with Gasteiger partial charge in [-0.3, -0.25) is 9.59 Å². The summed E-state index contributed by atoms with van der Waals surface area (Å²) in [5, 5.41) is 6.98. The van der Waals surface area contributed by atoms with Gasteiger partial charge in [0, 0.05) is 22.6 Å².